The van der Waals surface area contributed by atoms with E-state index in [-0.39, 0.29) is 5.63 Å². The van der Waals surface area contributed by atoms with Gasteiger partial charge in [-0.2, -0.15) is 0 Å². The smallest absolute Gasteiger partial charge is 0.336 e. The van der Waals surface area contributed by atoms with E-state index in [9.17, 15) is 4.79 Å². The average Bonchev–Trinajstić information content (AvgIpc) is 2.64. The maximum Gasteiger partial charge on any atom is 0.336 e. The summed E-state index contributed by atoms with van der Waals surface area (Å²) in [5, 5.41) is 1.76. The third-order valence-electron chi connectivity index (χ3n) is 4.89. The highest BCUT2D eigenvalue weighted by Gasteiger charge is 2.23. The van der Waals surface area contributed by atoms with Crippen molar-refractivity contribution in [3.8, 4) is 5.75 Å². The molecule has 0 fully saturated rings. The Balaban J connectivity index is 1.73. The second kappa shape index (κ2) is 6.78. The highest BCUT2D eigenvalue weighted by atomic mass is 35.5. The number of aryl methyl sites for hydroxylation is 2. The third kappa shape index (κ3) is 3.00. The van der Waals surface area contributed by atoms with Crippen molar-refractivity contribution >= 4 is 22.6 Å². The van der Waals surface area contributed by atoms with Crippen LogP contribution in [0.5, 0.6) is 5.75 Å². The van der Waals surface area contributed by atoms with Gasteiger partial charge in [-0.15, -0.1) is 0 Å². The molecule has 1 aromatic heterocycles. The van der Waals surface area contributed by atoms with Crippen molar-refractivity contribution in [2.75, 3.05) is 6.73 Å². The van der Waals surface area contributed by atoms with Gasteiger partial charge in [0.25, 0.3) is 0 Å². The molecule has 0 amide bonds. The van der Waals surface area contributed by atoms with Crippen LogP contribution in [0.1, 0.15) is 29.2 Å². The van der Waals surface area contributed by atoms with E-state index in [1.165, 1.54) is 0 Å². The van der Waals surface area contributed by atoms with E-state index >= 15 is 0 Å². The summed E-state index contributed by atoms with van der Waals surface area (Å²) >= 11 is 6.29. The largest absolute Gasteiger partial charge is 0.477 e. The van der Waals surface area contributed by atoms with Crippen molar-refractivity contribution in [2.45, 2.75) is 33.4 Å². The minimum absolute atomic E-state index is 0.312. The van der Waals surface area contributed by atoms with Gasteiger partial charge in [0.1, 0.15) is 18.1 Å². The number of hydrogen-bond acceptors (Lipinski definition) is 4. The number of fused-ring (bicyclic) bond motifs is 2. The zero-order valence-electron chi connectivity index (χ0n) is 14.8. The molecule has 0 N–H and O–H groups in total. The summed E-state index contributed by atoms with van der Waals surface area (Å²) in [5.41, 5.74) is 4.41. The summed E-state index contributed by atoms with van der Waals surface area (Å²) in [6.45, 7) is 5.96. The molecule has 5 heteroatoms. The average molecular weight is 370 g/mol. The first-order chi connectivity index (χ1) is 12.6. The lowest BCUT2D eigenvalue weighted by Crippen LogP contribution is -2.32. The predicted molar refractivity (Wildman–Crippen MR) is 103 cm³/mol. The van der Waals surface area contributed by atoms with Crippen molar-refractivity contribution in [1.29, 1.82) is 0 Å². The molecule has 0 spiro atoms. The predicted octanol–water partition coefficient (Wildman–Crippen LogP) is 4.67. The Bertz CT molecular complexity index is 1040. The zero-order chi connectivity index (χ0) is 18.3. The fourth-order valence-corrected chi connectivity index (χ4v) is 3.79. The number of hydrogen-bond donors (Lipinski definition) is 0. The molecule has 26 heavy (non-hydrogen) atoms. The normalized spacial score (nSPS) is 14.3. The standard InChI is InChI=1S/C21H20ClNO3/c1-3-14-9-19(24)26-21-13(2)20-16(8-17(14)21)11-23(12-25-20)10-15-6-4-5-7-18(15)22/h4-9H,3,10-12H2,1-2H3. The summed E-state index contributed by atoms with van der Waals surface area (Å²) < 4.78 is 11.5. The van der Waals surface area contributed by atoms with Crippen LogP contribution >= 0.6 is 11.6 Å². The number of rotatable bonds is 3. The van der Waals surface area contributed by atoms with Crippen LogP contribution in [0.3, 0.4) is 0 Å². The summed E-state index contributed by atoms with van der Waals surface area (Å²) in [5.74, 6) is 0.823. The lowest BCUT2D eigenvalue weighted by molar-refractivity contribution is 0.0881. The first kappa shape index (κ1) is 17.1. The van der Waals surface area contributed by atoms with Crippen molar-refractivity contribution in [1.82, 2.24) is 4.90 Å². The minimum Gasteiger partial charge on any atom is -0.477 e. The maximum absolute atomic E-state index is 11.8. The molecule has 3 aromatic rings. The fraction of sp³-hybridized carbons (Fsp3) is 0.286. The van der Waals surface area contributed by atoms with Gasteiger partial charge in [-0.1, -0.05) is 36.7 Å². The van der Waals surface area contributed by atoms with Gasteiger partial charge in [-0.3, -0.25) is 4.90 Å². The quantitative estimate of drug-likeness (QED) is 0.629. The topological polar surface area (TPSA) is 42.7 Å². The van der Waals surface area contributed by atoms with Gasteiger partial charge in [0.2, 0.25) is 0 Å². The van der Waals surface area contributed by atoms with E-state index in [0.29, 0.717) is 12.3 Å². The monoisotopic (exact) mass is 369 g/mol. The summed E-state index contributed by atoms with van der Waals surface area (Å²) in [6, 6.07) is 11.5. The van der Waals surface area contributed by atoms with E-state index in [1.54, 1.807) is 6.07 Å². The van der Waals surface area contributed by atoms with E-state index in [0.717, 1.165) is 57.9 Å². The van der Waals surface area contributed by atoms with Crippen LogP contribution in [0.4, 0.5) is 0 Å². The molecule has 2 aromatic carbocycles. The van der Waals surface area contributed by atoms with E-state index in [2.05, 4.69) is 11.0 Å². The van der Waals surface area contributed by atoms with Gasteiger partial charge in [0.05, 0.1) is 0 Å². The van der Waals surface area contributed by atoms with Crippen LogP contribution in [0, 0.1) is 6.92 Å². The van der Waals surface area contributed by atoms with E-state index < -0.39 is 0 Å². The van der Waals surface area contributed by atoms with Crippen LogP contribution in [0.2, 0.25) is 5.02 Å². The number of nitrogens with zero attached hydrogens (tertiary/aromatic N) is 1. The molecule has 4 rings (SSSR count). The molecular weight excluding hydrogens is 350 g/mol. The minimum atomic E-state index is -0.312. The van der Waals surface area contributed by atoms with Gasteiger partial charge in [-0.25, -0.2) is 4.79 Å². The molecular formula is C21H20ClNO3. The molecule has 0 radical (unpaired) electrons. The van der Waals surface area contributed by atoms with Crippen molar-refractivity contribution in [3.63, 3.8) is 0 Å². The van der Waals surface area contributed by atoms with E-state index in [4.69, 9.17) is 20.8 Å². The molecule has 0 saturated carbocycles. The van der Waals surface area contributed by atoms with E-state index in [1.807, 2.05) is 38.1 Å². The molecule has 0 atom stereocenters. The molecule has 2 heterocycles. The molecule has 0 saturated heterocycles. The molecule has 4 nitrogen and oxygen atoms in total. The van der Waals surface area contributed by atoms with Crippen LogP contribution in [-0.2, 0) is 19.5 Å². The Morgan fingerprint density at radius 2 is 2.00 bits per heavy atom. The van der Waals surface area contributed by atoms with Gasteiger partial charge in [0, 0.05) is 40.7 Å². The lowest BCUT2D eigenvalue weighted by atomic mass is 9.99. The van der Waals surface area contributed by atoms with Gasteiger partial charge in [-0.05, 0) is 36.6 Å². The Morgan fingerprint density at radius 1 is 1.19 bits per heavy atom. The molecule has 0 bridgehead atoms. The summed E-state index contributed by atoms with van der Waals surface area (Å²) in [7, 11) is 0. The third-order valence-corrected chi connectivity index (χ3v) is 5.26. The molecule has 0 unspecified atom stereocenters. The van der Waals surface area contributed by atoms with Gasteiger partial charge < -0.3 is 9.15 Å². The lowest BCUT2D eigenvalue weighted by Gasteiger charge is -2.30. The second-order valence-electron chi connectivity index (χ2n) is 6.66. The van der Waals surface area contributed by atoms with Crippen LogP contribution in [-0.4, -0.2) is 11.6 Å². The number of benzene rings is 2. The SMILES string of the molecule is CCc1cc(=O)oc2c(C)c3c(cc12)CN(Cc1ccccc1Cl)CO3. The van der Waals surface area contributed by atoms with Crippen LogP contribution in [0.25, 0.3) is 11.0 Å². The number of halogens is 1. The molecule has 0 aliphatic carbocycles. The van der Waals surface area contributed by atoms with Crippen molar-refractivity contribution < 1.29 is 9.15 Å². The van der Waals surface area contributed by atoms with Crippen LogP contribution < -0.4 is 10.4 Å². The van der Waals surface area contributed by atoms with Crippen molar-refractivity contribution in [3.05, 3.63) is 74.1 Å². The first-order valence-electron chi connectivity index (χ1n) is 8.74. The molecule has 1 aliphatic rings. The Labute approximate surface area is 156 Å². The highest BCUT2D eigenvalue weighted by molar-refractivity contribution is 6.31. The fourth-order valence-electron chi connectivity index (χ4n) is 3.59. The number of ether oxygens (including phenoxy) is 1. The zero-order valence-corrected chi connectivity index (χ0v) is 15.6. The maximum atomic E-state index is 11.8. The Hall–Kier alpha value is -2.30. The van der Waals surface area contributed by atoms with Gasteiger partial charge in [0.15, 0.2) is 0 Å². The van der Waals surface area contributed by atoms with Crippen LogP contribution in [0.15, 0.2) is 45.6 Å². The Kier molecular flexibility index (Phi) is 4.47. The molecule has 1 aliphatic heterocycles. The first-order valence-corrected chi connectivity index (χ1v) is 9.12. The summed E-state index contributed by atoms with van der Waals surface area (Å²) in [6.07, 6.45) is 0.782. The highest BCUT2D eigenvalue weighted by Crippen LogP contribution is 2.36. The van der Waals surface area contributed by atoms with Gasteiger partial charge >= 0.3 is 5.63 Å². The molecule has 134 valence electrons. The summed E-state index contributed by atoms with van der Waals surface area (Å²) in [4.78, 5) is 14.1. The second-order valence-corrected chi connectivity index (χ2v) is 7.07. The Morgan fingerprint density at radius 3 is 2.77 bits per heavy atom. The van der Waals surface area contributed by atoms with Crippen molar-refractivity contribution in [2.24, 2.45) is 0 Å².